The van der Waals surface area contributed by atoms with Gasteiger partial charge in [-0.2, -0.15) is 13.1 Å². The van der Waals surface area contributed by atoms with E-state index in [1.807, 2.05) is 12.1 Å². The van der Waals surface area contributed by atoms with Gasteiger partial charge in [-0.05, 0) is 58.7 Å². The van der Waals surface area contributed by atoms with Gasteiger partial charge in [-0.3, -0.25) is 8.77 Å². The number of hydrogen-bond donors (Lipinski definition) is 2. The second-order valence-corrected chi connectivity index (χ2v) is 14.8. The van der Waals surface area contributed by atoms with Gasteiger partial charge < -0.3 is 14.5 Å². The van der Waals surface area contributed by atoms with Gasteiger partial charge in [0, 0.05) is 35.0 Å². The summed E-state index contributed by atoms with van der Waals surface area (Å²) in [7, 11) is -10.0. The van der Waals surface area contributed by atoms with E-state index >= 15 is 0 Å². The fourth-order valence-electron chi connectivity index (χ4n) is 4.37. The number of benzene rings is 4. The topological polar surface area (TPSA) is 121 Å². The van der Waals surface area contributed by atoms with Gasteiger partial charge >= 0.3 is 13.3 Å². The number of nitrogens with zero attached hydrogens (tertiary/aromatic N) is 1. The second kappa shape index (κ2) is 13.0. The number of para-hydroxylation sites is 1. The normalized spacial score (nSPS) is 13.2. The Bertz CT molecular complexity index is 1830. The molecule has 0 spiro atoms. The lowest BCUT2D eigenvalue weighted by molar-refractivity contribution is 0.0565. The third-order valence-corrected chi connectivity index (χ3v) is 10.6. The first-order chi connectivity index (χ1) is 20.1. The molecule has 0 aliphatic rings. The Hall–Kier alpha value is -2.96. The summed E-state index contributed by atoms with van der Waals surface area (Å²) in [6.45, 7) is -0.470. The van der Waals surface area contributed by atoms with Gasteiger partial charge in [0.2, 0.25) is 10.0 Å². The summed E-state index contributed by atoms with van der Waals surface area (Å²) >= 11 is 6.03. The van der Waals surface area contributed by atoms with Crippen molar-refractivity contribution in [1.29, 1.82) is 0 Å². The standard InChI is InChI=1S/C29H27ClF2NO7PS2/c1-40-27-11-3-4-12-28(27)43(38,39)33(19-21-13-14-25(26(30)16-21)29(31,32)41(34,35)36)18-20-7-5-8-22(15-20)23-9-6-10-24(17-23)42(2)37/h3-17H,18-19H2,1-2H3,(H2,34,35,36). The first-order valence-electron chi connectivity index (χ1n) is 12.5. The Morgan fingerprint density at radius 1 is 0.907 bits per heavy atom. The van der Waals surface area contributed by atoms with Crippen molar-refractivity contribution in [3.8, 4) is 16.9 Å². The molecule has 0 aliphatic carbocycles. The minimum atomic E-state index is -5.88. The van der Waals surface area contributed by atoms with E-state index < -0.39 is 44.7 Å². The highest BCUT2D eigenvalue weighted by Crippen LogP contribution is 2.60. The van der Waals surface area contributed by atoms with E-state index in [1.165, 1.54) is 25.3 Å². The van der Waals surface area contributed by atoms with Crippen LogP contribution in [0.5, 0.6) is 5.75 Å². The van der Waals surface area contributed by atoms with Crippen molar-refractivity contribution in [2.24, 2.45) is 0 Å². The summed E-state index contributed by atoms with van der Waals surface area (Å²) in [5, 5.41) is -0.629. The molecule has 0 bridgehead atoms. The molecule has 14 heteroatoms. The van der Waals surface area contributed by atoms with Gasteiger partial charge in [0.1, 0.15) is 10.6 Å². The Labute approximate surface area is 255 Å². The van der Waals surface area contributed by atoms with Crippen molar-refractivity contribution in [2.45, 2.75) is 28.5 Å². The van der Waals surface area contributed by atoms with Crippen LogP contribution >= 0.6 is 19.2 Å². The maximum atomic E-state index is 14.4. The summed E-state index contributed by atoms with van der Waals surface area (Å²) in [5.41, 5.74) is -3.28. The molecule has 0 fully saturated rings. The van der Waals surface area contributed by atoms with Gasteiger partial charge in [0.15, 0.2) is 0 Å². The molecule has 0 amide bonds. The van der Waals surface area contributed by atoms with E-state index in [0.29, 0.717) is 10.5 Å². The molecule has 0 saturated carbocycles. The van der Waals surface area contributed by atoms with Crippen molar-refractivity contribution in [3.63, 3.8) is 0 Å². The zero-order valence-corrected chi connectivity index (χ0v) is 26.1. The average molecular weight is 670 g/mol. The van der Waals surface area contributed by atoms with E-state index in [9.17, 15) is 26.0 Å². The first kappa shape index (κ1) is 32.9. The average Bonchev–Trinajstić information content (AvgIpc) is 2.96. The van der Waals surface area contributed by atoms with Crippen molar-refractivity contribution in [1.82, 2.24) is 4.31 Å². The van der Waals surface area contributed by atoms with Crippen LogP contribution in [0.4, 0.5) is 8.78 Å². The number of hydrogen-bond acceptors (Lipinski definition) is 5. The predicted octanol–water partition coefficient (Wildman–Crippen LogP) is 6.37. The molecule has 0 aromatic heterocycles. The number of alkyl halides is 2. The predicted molar refractivity (Wildman–Crippen MR) is 161 cm³/mol. The summed E-state index contributed by atoms with van der Waals surface area (Å²) in [6, 6.07) is 23.3. The molecule has 0 radical (unpaired) electrons. The molecule has 4 aromatic carbocycles. The molecule has 0 aliphatic heterocycles. The maximum absolute atomic E-state index is 14.4. The minimum Gasteiger partial charge on any atom is -0.495 e. The maximum Gasteiger partial charge on any atom is 0.399 e. The fraction of sp³-hybridized carbons (Fsp3) is 0.172. The summed E-state index contributed by atoms with van der Waals surface area (Å²) < 4.78 is 86.5. The van der Waals surface area contributed by atoms with Crippen molar-refractivity contribution < 1.29 is 40.5 Å². The van der Waals surface area contributed by atoms with Crippen LogP contribution in [0.3, 0.4) is 0 Å². The van der Waals surface area contributed by atoms with E-state index in [1.54, 1.807) is 48.7 Å². The van der Waals surface area contributed by atoms with Crippen molar-refractivity contribution >= 4 is 40.0 Å². The summed E-state index contributed by atoms with van der Waals surface area (Å²) in [5.74, 6) is 0.0975. The van der Waals surface area contributed by atoms with Gasteiger partial charge in [-0.15, -0.1) is 0 Å². The van der Waals surface area contributed by atoms with Crippen molar-refractivity contribution in [2.75, 3.05) is 13.4 Å². The smallest absolute Gasteiger partial charge is 0.399 e. The Kier molecular flexibility index (Phi) is 9.92. The summed E-state index contributed by atoms with van der Waals surface area (Å²) in [4.78, 5) is 18.7. The van der Waals surface area contributed by atoms with E-state index in [0.717, 1.165) is 33.6 Å². The quantitative estimate of drug-likeness (QED) is 0.178. The third-order valence-electron chi connectivity index (χ3n) is 6.55. The number of rotatable bonds is 11. The van der Waals surface area contributed by atoms with Crippen molar-refractivity contribution in [3.05, 3.63) is 113 Å². The van der Waals surface area contributed by atoms with E-state index in [2.05, 4.69) is 0 Å². The van der Waals surface area contributed by atoms with Crippen LogP contribution in [-0.4, -0.2) is 40.1 Å². The van der Waals surface area contributed by atoms with Crippen LogP contribution < -0.4 is 4.74 Å². The first-order valence-corrected chi connectivity index (χ1v) is 17.5. The highest BCUT2D eigenvalue weighted by atomic mass is 35.5. The molecule has 4 rings (SSSR count). The molecule has 4 aromatic rings. The molecule has 1 unspecified atom stereocenters. The molecule has 0 saturated heterocycles. The molecule has 0 heterocycles. The van der Waals surface area contributed by atoms with Crippen LogP contribution in [0, 0.1) is 0 Å². The Morgan fingerprint density at radius 2 is 1.51 bits per heavy atom. The zero-order chi connectivity index (χ0) is 31.6. The number of halogens is 3. The number of methoxy groups -OCH3 is 1. The van der Waals surface area contributed by atoms with Crippen LogP contribution in [0.2, 0.25) is 5.02 Å². The lowest BCUT2D eigenvalue weighted by Gasteiger charge is -2.25. The fourth-order valence-corrected chi connectivity index (χ4v) is 7.40. The molecule has 43 heavy (non-hydrogen) atoms. The molecular weight excluding hydrogens is 643 g/mol. The second-order valence-electron chi connectivity index (χ2n) is 9.51. The highest BCUT2D eigenvalue weighted by Gasteiger charge is 2.51. The van der Waals surface area contributed by atoms with E-state index in [4.69, 9.17) is 26.1 Å². The third kappa shape index (κ3) is 7.24. The van der Waals surface area contributed by atoms with Crippen LogP contribution in [-0.2, 0) is 44.1 Å². The van der Waals surface area contributed by atoms with Gasteiger partial charge in [0.25, 0.3) is 0 Å². The molecule has 8 nitrogen and oxygen atoms in total. The van der Waals surface area contributed by atoms with Crippen LogP contribution in [0.25, 0.3) is 11.1 Å². The number of ether oxygens (including phenoxy) is 1. The SMILES string of the molecule is COc1ccccc1S(=O)(=O)N(Cc1cccc(-c2cccc(S(C)=O)c2)c1)Cc1ccc(C(F)(F)P(=O)(O)O)c(Cl)c1. The lowest BCUT2D eigenvalue weighted by atomic mass is 10.0. The largest absolute Gasteiger partial charge is 0.495 e. The molecular formula is C29H27ClF2NO7PS2. The number of sulfonamides is 1. The molecule has 228 valence electrons. The highest BCUT2D eigenvalue weighted by molar-refractivity contribution is 7.89. The molecule has 1 atom stereocenters. The lowest BCUT2D eigenvalue weighted by Crippen LogP contribution is -2.30. The summed E-state index contributed by atoms with van der Waals surface area (Å²) in [6.07, 6.45) is 1.57. The van der Waals surface area contributed by atoms with E-state index in [-0.39, 0.29) is 29.3 Å². The van der Waals surface area contributed by atoms with Gasteiger partial charge in [0.05, 0.1) is 17.7 Å². The van der Waals surface area contributed by atoms with Gasteiger partial charge in [-0.25, -0.2) is 8.42 Å². The molecule has 2 N–H and O–H groups in total. The monoisotopic (exact) mass is 669 g/mol. The zero-order valence-electron chi connectivity index (χ0n) is 22.9. The Morgan fingerprint density at radius 3 is 2.12 bits per heavy atom. The van der Waals surface area contributed by atoms with Crippen LogP contribution in [0.1, 0.15) is 16.7 Å². The van der Waals surface area contributed by atoms with Crippen LogP contribution in [0.15, 0.2) is 101 Å². The minimum absolute atomic E-state index is 0.0975. The van der Waals surface area contributed by atoms with Gasteiger partial charge in [-0.1, -0.05) is 66.2 Å². The Balaban J connectivity index is 1.76.